The lowest BCUT2D eigenvalue weighted by molar-refractivity contribution is -0.145. The Kier molecular flexibility index (Phi) is 7.94. The van der Waals surface area contributed by atoms with Crippen molar-refractivity contribution in [2.45, 2.75) is 57.7 Å². The molecule has 1 aliphatic carbocycles. The Bertz CT molecular complexity index is 1000. The van der Waals surface area contributed by atoms with Gasteiger partial charge in [-0.1, -0.05) is 48.5 Å². The lowest BCUT2D eigenvalue weighted by atomic mass is 9.98. The van der Waals surface area contributed by atoms with E-state index in [-0.39, 0.29) is 25.6 Å². The minimum absolute atomic E-state index is 0.0594. The molecule has 1 unspecified atom stereocenters. The SMILES string of the molecule is CC(CC(=O)N[C@@H](COC(C)(C)C)C(=O)O)NC(=O)OCC1c2ccccc2-c2ccccc21. The monoisotopic (exact) mass is 468 g/mol. The van der Waals surface area contributed by atoms with Crippen molar-refractivity contribution in [2.75, 3.05) is 13.2 Å². The summed E-state index contributed by atoms with van der Waals surface area (Å²) in [7, 11) is 0. The Hall–Kier alpha value is -3.39. The number of hydrogen-bond acceptors (Lipinski definition) is 5. The van der Waals surface area contributed by atoms with E-state index < -0.39 is 35.7 Å². The number of nitrogens with one attached hydrogen (secondary N) is 2. The van der Waals surface area contributed by atoms with E-state index in [1.807, 2.05) is 36.4 Å². The topological polar surface area (TPSA) is 114 Å². The van der Waals surface area contributed by atoms with Crippen LogP contribution in [0.4, 0.5) is 4.79 Å². The molecule has 34 heavy (non-hydrogen) atoms. The van der Waals surface area contributed by atoms with E-state index >= 15 is 0 Å². The molecule has 0 bridgehead atoms. The molecule has 0 fully saturated rings. The number of benzene rings is 2. The predicted molar refractivity (Wildman–Crippen MR) is 128 cm³/mol. The van der Waals surface area contributed by atoms with Crippen molar-refractivity contribution >= 4 is 18.0 Å². The maximum Gasteiger partial charge on any atom is 0.407 e. The van der Waals surface area contributed by atoms with Crippen LogP contribution in [-0.4, -0.2) is 54.0 Å². The quantitative estimate of drug-likeness (QED) is 0.517. The summed E-state index contributed by atoms with van der Waals surface area (Å²) in [5.41, 5.74) is 3.97. The number of hydrogen-bond donors (Lipinski definition) is 3. The number of carboxylic acid groups (broad SMARTS) is 1. The normalized spacial score (nSPS) is 14.5. The van der Waals surface area contributed by atoms with Crippen LogP contribution in [0.2, 0.25) is 0 Å². The number of rotatable bonds is 9. The van der Waals surface area contributed by atoms with Gasteiger partial charge in [0, 0.05) is 18.4 Å². The zero-order valence-corrected chi connectivity index (χ0v) is 20.0. The van der Waals surface area contributed by atoms with Crippen molar-refractivity contribution in [3.8, 4) is 11.1 Å². The molecule has 8 heteroatoms. The number of carbonyl (C=O) groups is 3. The molecule has 8 nitrogen and oxygen atoms in total. The fraction of sp³-hybridized carbons (Fsp3) is 0.423. The van der Waals surface area contributed by atoms with Crippen LogP contribution in [0.3, 0.4) is 0 Å². The lowest BCUT2D eigenvalue weighted by Crippen LogP contribution is -2.47. The smallest absolute Gasteiger partial charge is 0.407 e. The van der Waals surface area contributed by atoms with Gasteiger partial charge >= 0.3 is 12.1 Å². The van der Waals surface area contributed by atoms with Gasteiger partial charge in [0.2, 0.25) is 5.91 Å². The number of aliphatic carboxylic acids is 1. The van der Waals surface area contributed by atoms with Crippen LogP contribution in [0, 0.1) is 0 Å². The number of fused-ring (bicyclic) bond motifs is 3. The van der Waals surface area contributed by atoms with Crippen LogP contribution in [0.25, 0.3) is 11.1 Å². The van der Waals surface area contributed by atoms with Gasteiger partial charge in [0.15, 0.2) is 6.04 Å². The Morgan fingerprint density at radius 3 is 2.06 bits per heavy atom. The van der Waals surface area contributed by atoms with E-state index in [1.54, 1.807) is 27.7 Å². The van der Waals surface area contributed by atoms with Gasteiger partial charge < -0.3 is 25.2 Å². The molecule has 0 aliphatic heterocycles. The molecular weight excluding hydrogens is 436 g/mol. The Labute approximate surface area is 199 Å². The largest absolute Gasteiger partial charge is 0.480 e. The molecule has 0 radical (unpaired) electrons. The fourth-order valence-corrected chi connectivity index (χ4v) is 3.93. The van der Waals surface area contributed by atoms with Crippen LogP contribution >= 0.6 is 0 Å². The van der Waals surface area contributed by atoms with Crippen molar-refractivity contribution in [2.24, 2.45) is 0 Å². The van der Waals surface area contributed by atoms with Gasteiger partial charge in [0.25, 0.3) is 0 Å². The van der Waals surface area contributed by atoms with E-state index in [0.717, 1.165) is 22.3 Å². The molecule has 0 heterocycles. The third-order valence-electron chi connectivity index (χ3n) is 5.52. The average Bonchev–Trinajstić information content (AvgIpc) is 3.08. The maximum absolute atomic E-state index is 12.4. The molecule has 2 atom stereocenters. The number of ether oxygens (including phenoxy) is 2. The molecule has 0 saturated heterocycles. The Morgan fingerprint density at radius 1 is 0.971 bits per heavy atom. The minimum Gasteiger partial charge on any atom is -0.480 e. The summed E-state index contributed by atoms with van der Waals surface area (Å²) in [6.45, 7) is 7.07. The number of carboxylic acids is 1. The van der Waals surface area contributed by atoms with E-state index in [9.17, 15) is 19.5 Å². The van der Waals surface area contributed by atoms with Crippen LogP contribution < -0.4 is 10.6 Å². The summed E-state index contributed by atoms with van der Waals surface area (Å²) < 4.78 is 11.0. The molecule has 1 aliphatic rings. The summed E-state index contributed by atoms with van der Waals surface area (Å²) in [6.07, 6.45) is -0.725. The van der Waals surface area contributed by atoms with E-state index in [4.69, 9.17) is 9.47 Å². The van der Waals surface area contributed by atoms with E-state index in [0.29, 0.717) is 0 Å². The highest BCUT2D eigenvalue weighted by Crippen LogP contribution is 2.44. The number of alkyl carbamates (subject to hydrolysis) is 1. The fourth-order valence-electron chi connectivity index (χ4n) is 3.93. The second-order valence-electron chi connectivity index (χ2n) is 9.46. The standard InChI is InChI=1S/C26H32N2O6/c1-16(13-23(29)28-22(24(30)31)15-34-26(2,3)4)27-25(32)33-14-21-19-11-7-5-9-17(19)18-10-6-8-12-20(18)21/h5-12,16,21-22H,13-15H2,1-4H3,(H,27,32)(H,28,29)(H,30,31)/t16?,22-/m0/s1. The minimum atomic E-state index is -1.19. The van der Waals surface area contributed by atoms with Crippen LogP contribution in [0.5, 0.6) is 0 Å². The van der Waals surface area contributed by atoms with Crippen molar-refractivity contribution in [1.29, 1.82) is 0 Å². The molecule has 0 aromatic heterocycles. The second-order valence-corrected chi connectivity index (χ2v) is 9.46. The van der Waals surface area contributed by atoms with Crippen LogP contribution in [-0.2, 0) is 19.1 Å². The maximum atomic E-state index is 12.4. The lowest BCUT2D eigenvalue weighted by Gasteiger charge is -2.23. The van der Waals surface area contributed by atoms with Crippen molar-refractivity contribution in [1.82, 2.24) is 10.6 Å². The van der Waals surface area contributed by atoms with Gasteiger partial charge in [-0.25, -0.2) is 9.59 Å². The molecular formula is C26H32N2O6. The summed E-state index contributed by atoms with van der Waals surface area (Å²) in [5, 5.41) is 14.4. The number of carbonyl (C=O) groups excluding carboxylic acids is 2. The summed E-state index contributed by atoms with van der Waals surface area (Å²) in [5.74, 6) is -1.75. The van der Waals surface area contributed by atoms with Gasteiger partial charge in [-0.2, -0.15) is 0 Å². The van der Waals surface area contributed by atoms with Gasteiger partial charge in [0.05, 0.1) is 12.2 Å². The average molecular weight is 469 g/mol. The third kappa shape index (κ3) is 6.57. The second kappa shape index (κ2) is 10.7. The van der Waals surface area contributed by atoms with Crippen molar-refractivity contribution in [3.05, 3.63) is 59.7 Å². The van der Waals surface area contributed by atoms with Crippen LogP contribution in [0.1, 0.15) is 51.2 Å². The summed E-state index contributed by atoms with van der Waals surface area (Å²) in [6, 6.07) is 14.4. The molecule has 0 spiro atoms. The summed E-state index contributed by atoms with van der Waals surface area (Å²) in [4.78, 5) is 36.1. The van der Waals surface area contributed by atoms with Gasteiger partial charge in [0.1, 0.15) is 6.61 Å². The summed E-state index contributed by atoms with van der Waals surface area (Å²) >= 11 is 0. The first-order valence-electron chi connectivity index (χ1n) is 11.3. The first-order valence-corrected chi connectivity index (χ1v) is 11.3. The first kappa shape index (κ1) is 25.2. The molecule has 2 aromatic rings. The Balaban J connectivity index is 1.50. The zero-order valence-electron chi connectivity index (χ0n) is 20.0. The van der Waals surface area contributed by atoms with Gasteiger partial charge in [-0.15, -0.1) is 0 Å². The zero-order chi connectivity index (χ0) is 24.9. The third-order valence-corrected chi connectivity index (χ3v) is 5.52. The number of amides is 2. The van der Waals surface area contributed by atoms with Gasteiger partial charge in [-0.05, 0) is 49.9 Å². The predicted octanol–water partition coefficient (Wildman–Crippen LogP) is 3.69. The molecule has 2 amide bonds. The highest BCUT2D eigenvalue weighted by atomic mass is 16.5. The molecule has 182 valence electrons. The van der Waals surface area contributed by atoms with E-state index in [1.165, 1.54) is 0 Å². The van der Waals surface area contributed by atoms with Crippen molar-refractivity contribution in [3.63, 3.8) is 0 Å². The molecule has 2 aromatic carbocycles. The van der Waals surface area contributed by atoms with Crippen molar-refractivity contribution < 1.29 is 29.0 Å². The first-order chi connectivity index (χ1) is 16.0. The van der Waals surface area contributed by atoms with Gasteiger partial charge in [-0.3, -0.25) is 4.79 Å². The highest BCUT2D eigenvalue weighted by molar-refractivity contribution is 5.84. The molecule has 3 rings (SSSR count). The van der Waals surface area contributed by atoms with Crippen LogP contribution in [0.15, 0.2) is 48.5 Å². The molecule has 0 saturated carbocycles. The Morgan fingerprint density at radius 2 is 1.53 bits per heavy atom. The molecule has 3 N–H and O–H groups in total. The highest BCUT2D eigenvalue weighted by Gasteiger charge is 2.29. The van der Waals surface area contributed by atoms with E-state index in [2.05, 4.69) is 22.8 Å².